The molecule has 0 heterocycles. The van der Waals surface area contributed by atoms with Gasteiger partial charge in [-0.25, -0.2) is 24.0 Å². The number of aliphatic hydroxyl groups excluding tert-OH is 4. The highest BCUT2D eigenvalue weighted by atomic mass is 16.5. The largest absolute Gasteiger partial charge is 0.478 e. The average molecular weight is 513 g/mol. The van der Waals surface area contributed by atoms with E-state index < -0.39 is 61.8 Å². The zero-order valence-electron chi connectivity index (χ0n) is 19.3. The predicted octanol–water partition coefficient (Wildman–Crippen LogP) is -0.928. The fourth-order valence-electron chi connectivity index (χ4n) is 0.442. The number of carbonyl (C=O) groups excluding carboxylic acids is 1. The number of carbonyl (C=O) groups is 5. The first-order valence-electron chi connectivity index (χ1n) is 8.87. The van der Waals surface area contributed by atoms with Crippen LogP contribution in [-0.4, -0.2) is 104 Å². The van der Waals surface area contributed by atoms with Crippen LogP contribution in [0, 0.1) is 5.41 Å². The molecule has 0 radical (unpaired) electrons. The number of ether oxygens (including phenoxy) is 1. The third-order valence-electron chi connectivity index (χ3n) is 2.33. The summed E-state index contributed by atoms with van der Waals surface area (Å²) in [5.41, 5.74) is 3.43. The molecule has 0 aliphatic heterocycles. The minimum absolute atomic E-state index is 0.356. The highest BCUT2D eigenvalue weighted by Crippen LogP contribution is 2.11. The molecule has 35 heavy (non-hydrogen) atoms. The van der Waals surface area contributed by atoms with E-state index in [1.165, 1.54) is 0 Å². The fraction of sp³-hybridized carbons (Fsp3) is 0.350. The Labute approximate surface area is 202 Å². The van der Waals surface area contributed by atoms with Gasteiger partial charge in [-0.2, -0.15) is 0 Å². The van der Waals surface area contributed by atoms with Gasteiger partial charge in [0, 0.05) is 24.3 Å². The maximum atomic E-state index is 9.60. The van der Waals surface area contributed by atoms with Crippen LogP contribution in [0.3, 0.4) is 0 Å². The molecule has 0 saturated heterocycles. The van der Waals surface area contributed by atoms with Gasteiger partial charge in [-0.15, -0.1) is 0 Å². The number of rotatable bonds is 9. The van der Waals surface area contributed by atoms with E-state index in [1.807, 2.05) is 0 Å². The molecule has 10 N–H and O–H groups in total. The lowest BCUT2D eigenvalue weighted by Gasteiger charge is -2.23. The number of nitrogens with two attached hydrogens (primary N) is 1. The molecule has 0 spiro atoms. The molecule has 0 bridgehead atoms. The Morgan fingerprint density at radius 2 is 0.829 bits per heavy atom. The Morgan fingerprint density at radius 1 is 0.657 bits per heavy atom. The predicted molar refractivity (Wildman–Crippen MR) is 123 cm³/mol. The molecule has 0 atom stereocenters. The van der Waals surface area contributed by atoms with Crippen LogP contribution in [0.1, 0.15) is 6.92 Å². The second-order valence-corrected chi connectivity index (χ2v) is 5.05. The van der Waals surface area contributed by atoms with Crippen LogP contribution in [0.2, 0.25) is 0 Å². The molecule has 0 saturated carbocycles. The number of carboxylic acids is 4. The van der Waals surface area contributed by atoms with Crippen molar-refractivity contribution in [3.05, 3.63) is 50.6 Å². The van der Waals surface area contributed by atoms with E-state index in [0.29, 0.717) is 6.61 Å². The van der Waals surface area contributed by atoms with Crippen LogP contribution in [0.25, 0.3) is 0 Å². The van der Waals surface area contributed by atoms with Crippen molar-refractivity contribution in [1.29, 1.82) is 0 Å². The van der Waals surface area contributed by atoms with Gasteiger partial charge in [-0.1, -0.05) is 26.3 Å². The smallest absolute Gasteiger partial charge is 0.404 e. The first kappa shape index (κ1) is 44.6. The maximum absolute atomic E-state index is 9.60. The number of aliphatic hydroxyl groups is 4. The molecule has 0 unspecified atom stereocenters. The van der Waals surface area contributed by atoms with Crippen LogP contribution < -0.4 is 5.73 Å². The van der Waals surface area contributed by atoms with Gasteiger partial charge in [0.1, 0.15) is 0 Å². The minimum atomic E-state index is -1.11. The zero-order valence-corrected chi connectivity index (χ0v) is 19.3. The molecule has 0 aromatic heterocycles. The lowest BCUT2D eigenvalue weighted by Crippen LogP contribution is -2.37. The minimum Gasteiger partial charge on any atom is -0.478 e. The molecule has 0 aliphatic rings. The molecule has 0 aromatic carbocycles. The Kier molecular flexibility index (Phi) is 44.0. The summed E-state index contributed by atoms with van der Waals surface area (Å²) < 4.78 is 4.18. The summed E-state index contributed by atoms with van der Waals surface area (Å²) in [4.78, 5) is 46.6. The zero-order chi connectivity index (χ0) is 29.5. The fourth-order valence-corrected chi connectivity index (χ4v) is 0.442. The van der Waals surface area contributed by atoms with Crippen molar-refractivity contribution in [2.75, 3.05) is 33.0 Å². The molecule has 0 rings (SSSR count). The number of amides is 1. The average Bonchev–Trinajstić information content (AvgIpc) is 2.82. The Bertz CT molecular complexity index is 538. The number of hydrogen-bond acceptors (Lipinski definition) is 10. The first-order valence-corrected chi connectivity index (χ1v) is 8.87. The van der Waals surface area contributed by atoms with Gasteiger partial charge < -0.3 is 51.3 Å². The molecule has 0 aliphatic carbocycles. The highest BCUT2D eigenvalue weighted by Gasteiger charge is 2.26. The third kappa shape index (κ3) is 65.2. The second kappa shape index (κ2) is 34.6. The van der Waals surface area contributed by atoms with Gasteiger partial charge in [0.15, 0.2) is 0 Å². The van der Waals surface area contributed by atoms with E-state index in [9.17, 15) is 24.0 Å². The summed E-state index contributed by atoms with van der Waals surface area (Å²) in [5.74, 6) is -3.93. The van der Waals surface area contributed by atoms with Crippen LogP contribution in [0.15, 0.2) is 50.6 Å². The van der Waals surface area contributed by atoms with Crippen LogP contribution in [-0.2, 0) is 23.9 Å². The topological polar surface area (TPSA) is 282 Å². The molecule has 15 nitrogen and oxygen atoms in total. The van der Waals surface area contributed by atoms with E-state index in [-0.39, 0.29) is 0 Å². The molecular weight excluding hydrogens is 478 g/mol. The Hall–Kier alpha value is -4.05. The summed E-state index contributed by atoms with van der Waals surface area (Å²) in [6, 6.07) is 0. The molecule has 1 amide bonds. The summed E-state index contributed by atoms with van der Waals surface area (Å²) in [7, 11) is 0. The van der Waals surface area contributed by atoms with Crippen LogP contribution in [0.5, 0.6) is 0 Å². The van der Waals surface area contributed by atoms with Crippen molar-refractivity contribution in [3.63, 3.8) is 0 Å². The monoisotopic (exact) mass is 513 g/mol. The highest BCUT2D eigenvalue weighted by molar-refractivity contribution is 5.79. The van der Waals surface area contributed by atoms with Gasteiger partial charge in [-0.05, 0) is 6.92 Å². The van der Waals surface area contributed by atoms with Crippen LogP contribution >= 0.6 is 0 Å². The standard InChI is InChI=1S/C5H12O4.C3H7NO2.4C3H4O2/c6-1-5(2-7,3-8)4-9;1-2-6-3(4)5;4*1-2-3(4)5/h6-9H,1-4H2;2H2,1H3,(H2,4,5);4*2H,1H2,(H,4,5). The number of primary amides is 1. The van der Waals surface area contributed by atoms with E-state index in [0.717, 1.165) is 24.3 Å². The maximum Gasteiger partial charge on any atom is 0.404 e. The lowest BCUT2D eigenvalue weighted by atomic mass is 9.93. The summed E-state index contributed by atoms with van der Waals surface area (Å²) in [6.07, 6.45) is 2.62. The van der Waals surface area contributed by atoms with Crippen molar-refractivity contribution in [1.82, 2.24) is 0 Å². The van der Waals surface area contributed by atoms with E-state index >= 15 is 0 Å². The van der Waals surface area contributed by atoms with Crippen molar-refractivity contribution in [2.45, 2.75) is 6.92 Å². The van der Waals surface area contributed by atoms with Gasteiger partial charge in [0.25, 0.3) is 0 Å². The van der Waals surface area contributed by atoms with Crippen LogP contribution in [0.4, 0.5) is 4.79 Å². The van der Waals surface area contributed by atoms with E-state index in [1.54, 1.807) is 6.92 Å². The number of carboxylic acid groups (broad SMARTS) is 4. The second-order valence-electron chi connectivity index (χ2n) is 5.05. The van der Waals surface area contributed by atoms with Gasteiger partial charge in [-0.3, -0.25) is 0 Å². The van der Waals surface area contributed by atoms with Crippen molar-refractivity contribution in [3.8, 4) is 0 Å². The number of aliphatic carboxylic acids is 4. The Morgan fingerprint density at radius 3 is 0.829 bits per heavy atom. The molecule has 204 valence electrons. The quantitative estimate of drug-likeness (QED) is 0.168. The van der Waals surface area contributed by atoms with Gasteiger partial charge in [0.2, 0.25) is 0 Å². The Balaban J connectivity index is -0.0000000735. The van der Waals surface area contributed by atoms with Gasteiger partial charge >= 0.3 is 30.0 Å². The van der Waals surface area contributed by atoms with Crippen molar-refractivity contribution >= 4 is 30.0 Å². The van der Waals surface area contributed by atoms with E-state index in [2.05, 4.69) is 36.8 Å². The first-order chi connectivity index (χ1) is 16.1. The summed E-state index contributed by atoms with van der Waals surface area (Å²) in [5, 5.41) is 64.4. The van der Waals surface area contributed by atoms with Crippen molar-refractivity contribution < 1.29 is 69.6 Å². The summed E-state index contributed by atoms with van der Waals surface area (Å²) in [6.45, 7) is 12.3. The lowest BCUT2D eigenvalue weighted by molar-refractivity contribution is -0.132. The summed E-state index contributed by atoms with van der Waals surface area (Å²) >= 11 is 0. The van der Waals surface area contributed by atoms with Gasteiger partial charge in [0.05, 0.1) is 38.4 Å². The third-order valence-corrected chi connectivity index (χ3v) is 2.33. The normalized spacial score (nSPS) is 8.03. The van der Waals surface area contributed by atoms with E-state index in [4.69, 9.17) is 40.9 Å². The molecule has 15 heteroatoms. The molecule has 0 fully saturated rings. The SMILES string of the molecule is C=CC(=O)O.C=CC(=O)O.C=CC(=O)O.C=CC(=O)O.CCOC(N)=O.OCC(CO)(CO)CO. The van der Waals surface area contributed by atoms with Crippen molar-refractivity contribution in [2.24, 2.45) is 11.1 Å². The number of hydrogen-bond donors (Lipinski definition) is 9. The molecular formula is C20H35NO14. The molecule has 0 aromatic rings.